The first kappa shape index (κ1) is 15.5. The zero-order valence-electron chi connectivity index (χ0n) is 11.3. The molecule has 2 amide bonds. The number of nitrogens with zero attached hydrogens (tertiary/aromatic N) is 1. The molecule has 1 rings (SSSR count). The van der Waals surface area contributed by atoms with Crippen LogP contribution in [0.1, 0.15) is 19.4 Å². The highest BCUT2D eigenvalue weighted by molar-refractivity contribution is 5.91. The first-order chi connectivity index (χ1) is 9.51. The van der Waals surface area contributed by atoms with Gasteiger partial charge in [0, 0.05) is 5.69 Å². The Bertz CT molecular complexity index is 483. The van der Waals surface area contributed by atoms with Gasteiger partial charge in [-0.2, -0.15) is 0 Å². The number of urea groups is 1. The molecule has 0 heterocycles. The molecule has 0 bridgehead atoms. The number of rotatable bonds is 5. The van der Waals surface area contributed by atoms with Crippen LogP contribution in [0.25, 0.3) is 0 Å². The number of amides is 2. The fraction of sp³-hybridized carbons (Fsp3) is 0.308. The Hall–Kier alpha value is -2.57. The van der Waals surface area contributed by atoms with Gasteiger partial charge in [-0.05, 0) is 31.5 Å². The minimum absolute atomic E-state index is 0.195. The van der Waals surface area contributed by atoms with E-state index in [0.717, 1.165) is 0 Å². The van der Waals surface area contributed by atoms with E-state index in [1.807, 2.05) is 0 Å². The molecule has 20 heavy (non-hydrogen) atoms. The third-order valence-corrected chi connectivity index (χ3v) is 2.14. The van der Waals surface area contributed by atoms with Crippen molar-refractivity contribution in [1.82, 2.24) is 5.32 Å². The van der Waals surface area contributed by atoms with E-state index in [-0.39, 0.29) is 12.6 Å². The summed E-state index contributed by atoms with van der Waals surface area (Å²) in [6, 6.07) is 6.12. The third kappa shape index (κ3) is 5.85. The summed E-state index contributed by atoms with van der Waals surface area (Å²) in [5.74, 6) is -0.496. The van der Waals surface area contributed by atoms with Crippen molar-refractivity contribution in [2.45, 2.75) is 20.0 Å². The number of ether oxygens (including phenoxy) is 1. The minimum Gasteiger partial charge on any atom is -0.462 e. The van der Waals surface area contributed by atoms with Crippen molar-refractivity contribution in [2.24, 2.45) is 5.16 Å². The highest BCUT2D eigenvalue weighted by atomic mass is 16.5. The van der Waals surface area contributed by atoms with Gasteiger partial charge in [0.1, 0.15) is 6.54 Å². The first-order valence-electron chi connectivity index (χ1n) is 6.03. The number of hydrogen-bond donors (Lipinski definition) is 3. The van der Waals surface area contributed by atoms with Gasteiger partial charge in [-0.3, -0.25) is 4.79 Å². The molecule has 1 aromatic rings. The third-order valence-electron chi connectivity index (χ3n) is 2.14. The molecule has 0 unspecified atom stereocenters. The summed E-state index contributed by atoms with van der Waals surface area (Å²) < 4.78 is 4.87. The molecule has 7 nitrogen and oxygen atoms in total. The van der Waals surface area contributed by atoms with Gasteiger partial charge in [0.25, 0.3) is 0 Å². The molecular formula is C13H17N3O4. The number of hydrogen-bond acceptors (Lipinski definition) is 5. The van der Waals surface area contributed by atoms with Crippen molar-refractivity contribution in [3.8, 4) is 0 Å². The van der Waals surface area contributed by atoms with Crippen LogP contribution in [0.2, 0.25) is 0 Å². The van der Waals surface area contributed by atoms with Gasteiger partial charge in [-0.15, -0.1) is 0 Å². The van der Waals surface area contributed by atoms with E-state index in [0.29, 0.717) is 11.3 Å². The Morgan fingerprint density at radius 3 is 2.55 bits per heavy atom. The highest BCUT2D eigenvalue weighted by Crippen LogP contribution is 2.07. The quantitative estimate of drug-likeness (QED) is 0.329. The van der Waals surface area contributed by atoms with E-state index >= 15 is 0 Å². The van der Waals surface area contributed by atoms with Gasteiger partial charge >= 0.3 is 12.0 Å². The number of nitrogens with one attached hydrogen (secondary N) is 2. The topological polar surface area (TPSA) is 100 Å². The van der Waals surface area contributed by atoms with Crippen molar-refractivity contribution >= 4 is 23.9 Å². The van der Waals surface area contributed by atoms with Gasteiger partial charge < -0.3 is 20.6 Å². The summed E-state index contributed by atoms with van der Waals surface area (Å²) in [6.45, 7) is 3.27. The molecule has 0 aliphatic carbocycles. The fourth-order valence-corrected chi connectivity index (χ4v) is 1.35. The molecule has 0 fully saturated rings. The first-order valence-corrected chi connectivity index (χ1v) is 6.03. The molecule has 0 spiro atoms. The highest BCUT2D eigenvalue weighted by Gasteiger charge is 2.08. The van der Waals surface area contributed by atoms with E-state index in [1.165, 1.54) is 6.21 Å². The monoisotopic (exact) mass is 279 g/mol. The van der Waals surface area contributed by atoms with Crippen LogP contribution in [0.3, 0.4) is 0 Å². The molecule has 0 radical (unpaired) electrons. The van der Waals surface area contributed by atoms with Crippen molar-refractivity contribution in [3.63, 3.8) is 0 Å². The second kappa shape index (κ2) is 7.78. The lowest BCUT2D eigenvalue weighted by atomic mass is 10.2. The maximum Gasteiger partial charge on any atom is 0.325 e. The predicted octanol–water partition coefficient (Wildman–Crippen LogP) is 1.57. The van der Waals surface area contributed by atoms with E-state index < -0.39 is 12.0 Å². The maximum absolute atomic E-state index is 11.5. The summed E-state index contributed by atoms with van der Waals surface area (Å²) in [6.07, 6.45) is 1.05. The maximum atomic E-state index is 11.5. The fourth-order valence-electron chi connectivity index (χ4n) is 1.35. The summed E-state index contributed by atoms with van der Waals surface area (Å²) in [4.78, 5) is 22.7. The summed E-state index contributed by atoms with van der Waals surface area (Å²) >= 11 is 0. The zero-order valence-corrected chi connectivity index (χ0v) is 11.3. The molecule has 0 aliphatic heterocycles. The molecule has 0 saturated carbocycles. The average Bonchev–Trinajstić information content (AvgIpc) is 2.38. The number of anilines is 1. The Kier molecular flexibility index (Phi) is 6.02. The van der Waals surface area contributed by atoms with Crippen LogP contribution in [0.4, 0.5) is 10.5 Å². The Balaban J connectivity index is 2.40. The van der Waals surface area contributed by atoms with Gasteiger partial charge in [-0.1, -0.05) is 17.3 Å². The zero-order chi connectivity index (χ0) is 15.0. The molecular weight excluding hydrogens is 262 g/mol. The molecule has 1 aromatic carbocycles. The molecule has 0 aromatic heterocycles. The van der Waals surface area contributed by atoms with Crippen LogP contribution in [-0.2, 0) is 9.53 Å². The van der Waals surface area contributed by atoms with Gasteiger partial charge in [0.15, 0.2) is 0 Å². The lowest BCUT2D eigenvalue weighted by molar-refractivity contribution is -0.146. The molecule has 0 saturated heterocycles. The van der Waals surface area contributed by atoms with Crippen molar-refractivity contribution < 1.29 is 19.5 Å². The van der Waals surface area contributed by atoms with Crippen molar-refractivity contribution in [2.75, 3.05) is 11.9 Å². The summed E-state index contributed by atoms with van der Waals surface area (Å²) in [5.41, 5.74) is 1.24. The van der Waals surface area contributed by atoms with Gasteiger partial charge in [0.05, 0.1) is 12.3 Å². The smallest absolute Gasteiger partial charge is 0.325 e. The lowest BCUT2D eigenvalue weighted by Gasteiger charge is -2.09. The molecule has 7 heteroatoms. The normalized spacial score (nSPS) is 10.6. The molecule has 0 atom stereocenters. The molecule has 3 N–H and O–H groups in total. The number of esters is 1. The van der Waals surface area contributed by atoms with Crippen LogP contribution in [0.15, 0.2) is 29.4 Å². The molecule has 108 valence electrons. The van der Waals surface area contributed by atoms with Gasteiger partial charge in [0.2, 0.25) is 0 Å². The van der Waals surface area contributed by atoms with Crippen LogP contribution in [0.5, 0.6) is 0 Å². The number of carbonyl (C=O) groups excluding carboxylic acids is 2. The second-order valence-electron chi connectivity index (χ2n) is 4.21. The second-order valence-corrected chi connectivity index (χ2v) is 4.21. The Labute approximate surface area is 116 Å². The van der Waals surface area contributed by atoms with E-state index in [2.05, 4.69) is 15.8 Å². The number of benzene rings is 1. The largest absolute Gasteiger partial charge is 0.462 e. The average molecular weight is 279 g/mol. The van der Waals surface area contributed by atoms with Crippen LogP contribution >= 0.6 is 0 Å². The SMILES string of the molecule is CC(C)OC(=O)CNC(=O)Nc1ccc(C=NO)cc1. The summed E-state index contributed by atoms with van der Waals surface area (Å²) in [7, 11) is 0. The number of carbonyl (C=O) groups is 2. The van der Waals surface area contributed by atoms with Crippen LogP contribution in [0, 0.1) is 0 Å². The van der Waals surface area contributed by atoms with Gasteiger partial charge in [-0.25, -0.2) is 4.79 Å². The van der Waals surface area contributed by atoms with Crippen LogP contribution in [-0.4, -0.2) is 36.1 Å². The van der Waals surface area contributed by atoms with Crippen molar-refractivity contribution in [3.05, 3.63) is 29.8 Å². The predicted molar refractivity (Wildman–Crippen MR) is 74.1 cm³/mol. The van der Waals surface area contributed by atoms with E-state index in [4.69, 9.17) is 9.94 Å². The van der Waals surface area contributed by atoms with Crippen LogP contribution < -0.4 is 10.6 Å². The Morgan fingerprint density at radius 1 is 1.35 bits per heavy atom. The standard InChI is InChI=1S/C13H17N3O4/c1-9(2)20-12(17)8-14-13(18)16-11-5-3-10(4-6-11)7-15-19/h3-7,9,19H,8H2,1-2H3,(H2,14,16,18). The van der Waals surface area contributed by atoms with Crippen molar-refractivity contribution in [1.29, 1.82) is 0 Å². The number of oxime groups is 1. The van der Waals surface area contributed by atoms with E-state index in [9.17, 15) is 9.59 Å². The Morgan fingerprint density at radius 2 is 2.00 bits per heavy atom. The minimum atomic E-state index is -0.505. The lowest BCUT2D eigenvalue weighted by Crippen LogP contribution is -2.34. The molecule has 0 aliphatic rings. The summed E-state index contributed by atoms with van der Waals surface area (Å²) in [5, 5.41) is 16.2. The van der Waals surface area contributed by atoms with E-state index in [1.54, 1.807) is 38.1 Å².